The second-order valence-electron chi connectivity index (χ2n) is 8.66. The molecule has 1 aliphatic heterocycles. The van der Waals surface area contributed by atoms with Crippen molar-refractivity contribution < 1.29 is 23.4 Å². The van der Waals surface area contributed by atoms with Gasteiger partial charge in [0.15, 0.2) is 0 Å². The molecule has 3 aromatic heterocycles. The lowest BCUT2D eigenvalue weighted by atomic mass is 10.0. The maximum absolute atomic E-state index is 14.2. The predicted octanol–water partition coefficient (Wildman–Crippen LogP) is 2.28. The van der Waals surface area contributed by atoms with E-state index in [0.717, 1.165) is 5.39 Å². The highest BCUT2D eigenvalue weighted by Gasteiger charge is 2.30. The van der Waals surface area contributed by atoms with E-state index >= 15 is 0 Å². The number of aromatic nitrogens is 3. The molecule has 0 aromatic carbocycles. The summed E-state index contributed by atoms with van der Waals surface area (Å²) in [4.78, 5) is 21.5. The minimum atomic E-state index is -1.69. The summed E-state index contributed by atoms with van der Waals surface area (Å²) in [5.74, 6) is -0.225. The van der Waals surface area contributed by atoms with Crippen molar-refractivity contribution in [2.24, 2.45) is 0 Å². The number of aliphatic hydroxyl groups is 1. The highest BCUT2D eigenvalue weighted by molar-refractivity contribution is 5.99. The molecule has 11 heteroatoms. The fourth-order valence-corrected chi connectivity index (χ4v) is 3.53. The normalized spacial score (nSPS) is 19.1. The van der Waals surface area contributed by atoms with Crippen molar-refractivity contribution in [1.82, 2.24) is 19.9 Å². The van der Waals surface area contributed by atoms with Gasteiger partial charge in [-0.1, -0.05) is 0 Å². The van der Waals surface area contributed by atoms with Gasteiger partial charge in [0.2, 0.25) is 0 Å². The summed E-state index contributed by atoms with van der Waals surface area (Å²) in [5.41, 5.74) is -0.281. The number of amides is 1. The number of fused-ring (bicyclic) bond motifs is 1. The molecule has 1 amide bonds. The van der Waals surface area contributed by atoms with Crippen LogP contribution in [0.4, 0.5) is 14.5 Å². The average Bonchev–Trinajstić information content (AvgIpc) is 3.41. The van der Waals surface area contributed by atoms with Gasteiger partial charge in [0.1, 0.15) is 29.9 Å². The van der Waals surface area contributed by atoms with Gasteiger partial charge < -0.3 is 20.5 Å². The van der Waals surface area contributed by atoms with Crippen LogP contribution in [-0.2, 0) is 4.74 Å². The summed E-state index contributed by atoms with van der Waals surface area (Å²) in [6.45, 7) is 2.28. The first-order valence-corrected chi connectivity index (χ1v) is 10.7. The van der Waals surface area contributed by atoms with Crippen LogP contribution in [0.5, 0.6) is 0 Å². The standard InChI is InChI=1S/C23H24F2N6O3/c1-23(2,33)19(25)10-29-22(32)15-9-27-20(6-17(15)30-18-12-34-11-16(18)24)31-4-3-14-5-13(7-26)8-28-21(14)31/h3-6,8-9,16,18-19,33H,10-12H2,1-2H3,(H,27,30)(H,29,32). The molecule has 9 nitrogen and oxygen atoms in total. The van der Waals surface area contributed by atoms with Crippen LogP contribution in [0, 0.1) is 11.3 Å². The molecule has 1 fully saturated rings. The Morgan fingerprint density at radius 1 is 1.38 bits per heavy atom. The molecule has 1 saturated heterocycles. The van der Waals surface area contributed by atoms with E-state index in [4.69, 9.17) is 10.00 Å². The smallest absolute Gasteiger partial charge is 0.255 e. The van der Waals surface area contributed by atoms with Crippen molar-refractivity contribution in [1.29, 1.82) is 5.26 Å². The Bertz CT molecular complexity index is 1250. The van der Waals surface area contributed by atoms with Gasteiger partial charge in [-0.2, -0.15) is 5.26 Å². The van der Waals surface area contributed by atoms with Crippen LogP contribution in [0.1, 0.15) is 29.8 Å². The van der Waals surface area contributed by atoms with Crippen LogP contribution in [0.15, 0.2) is 36.8 Å². The highest BCUT2D eigenvalue weighted by atomic mass is 19.1. The van der Waals surface area contributed by atoms with Crippen LogP contribution in [0.25, 0.3) is 16.9 Å². The zero-order valence-corrected chi connectivity index (χ0v) is 18.6. The zero-order valence-electron chi connectivity index (χ0n) is 18.6. The Labute approximate surface area is 194 Å². The molecule has 3 aromatic rings. The molecule has 0 bridgehead atoms. The number of ether oxygens (including phenoxy) is 1. The van der Waals surface area contributed by atoms with Crippen molar-refractivity contribution >= 4 is 22.6 Å². The minimum Gasteiger partial charge on any atom is -0.387 e. The van der Waals surface area contributed by atoms with E-state index in [1.54, 1.807) is 29.0 Å². The van der Waals surface area contributed by atoms with Gasteiger partial charge in [0.05, 0.1) is 48.2 Å². The third-order valence-electron chi connectivity index (χ3n) is 5.60. The molecule has 1 aliphatic rings. The molecule has 0 aliphatic carbocycles. The number of hydrogen-bond acceptors (Lipinski definition) is 7. The molecule has 3 N–H and O–H groups in total. The first kappa shape index (κ1) is 23.5. The van der Waals surface area contributed by atoms with E-state index in [-0.39, 0.29) is 24.5 Å². The molecule has 4 rings (SSSR count). The number of alkyl halides is 2. The van der Waals surface area contributed by atoms with E-state index in [0.29, 0.717) is 17.0 Å². The van der Waals surface area contributed by atoms with Crippen LogP contribution >= 0.6 is 0 Å². The van der Waals surface area contributed by atoms with E-state index < -0.39 is 36.4 Å². The lowest BCUT2D eigenvalue weighted by Gasteiger charge is -2.23. The quantitative estimate of drug-likeness (QED) is 0.484. The van der Waals surface area contributed by atoms with Gasteiger partial charge in [-0.3, -0.25) is 9.36 Å². The number of pyridine rings is 2. The summed E-state index contributed by atoms with van der Waals surface area (Å²) in [6.07, 6.45) is 1.52. The number of carbonyl (C=O) groups excluding carboxylic acids is 1. The van der Waals surface area contributed by atoms with Crippen molar-refractivity contribution in [3.8, 4) is 11.9 Å². The van der Waals surface area contributed by atoms with Crippen molar-refractivity contribution in [3.63, 3.8) is 0 Å². The Morgan fingerprint density at radius 3 is 2.85 bits per heavy atom. The molecule has 0 saturated carbocycles. The van der Waals surface area contributed by atoms with Crippen molar-refractivity contribution in [2.45, 2.75) is 37.8 Å². The Morgan fingerprint density at radius 2 is 2.18 bits per heavy atom. The zero-order chi connectivity index (χ0) is 24.5. The van der Waals surface area contributed by atoms with Crippen LogP contribution in [0.3, 0.4) is 0 Å². The summed E-state index contributed by atoms with van der Waals surface area (Å²) < 4.78 is 35.2. The van der Waals surface area contributed by atoms with Crippen LogP contribution in [-0.4, -0.2) is 69.3 Å². The minimum absolute atomic E-state index is 0.0559. The van der Waals surface area contributed by atoms with Gasteiger partial charge >= 0.3 is 0 Å². The highest BCUT2D eigenvalue weighted by Crippen LogP contribution is 2.25. The number of nitriles is 1. The predicted molar refractivity (Wildman–Crippen MR) is 120 cm³/mol. The molecule has 3 unspecified atom stereocenters. The second-order valence-corrected chi connectivity index (χ2v) is 8.66. The van der Waals surface area contributed by atoms with Crippen molar-refractivity contribution in [3.05, 3.63) is 47.9 Å². The average molecular weight is 470 g/mol. The number of rotatable bonds is 7. The number of carbonyl (C=O) groups is 1. The molecule has 34 heavy (non-hydrogen) atoms. The molecular weight excluding hydrogens is 446 g/mol. The lowest BCUT2D eigenvalue weighted by molar-refractivity contribution is -0.00177. The largest absolute Gasteiger partial charge is 0.387 e. The molecule has 0 spiro atoms. The Hall–Kier alpha value is -3.62. The number of anilines is 1. The number of nitrogens with one attached hydrogen (secondary N) is 2. The van der Waals surface area contributed by atoms with Gasteiger partial charge in [0, 0.05) is 30.0 Å². The van der Waals surface area contributed by atoms with Gasteiger partial charge in [-0.25, -0.2) is 18.7 Å². The third kappa shape index (κ3) is 4.83. The van der Waals surface area contributed by atoms with Crippen LogP contribution < -0.4 is 10.6 Å². The van der Waals surface area contributed by atoms with E-state index in [9.17, 15) is 18.7 Å². The van der Waals surface area contributed by atoms with E-state index in [1.807, 2.05) is 6.07 Å². The van der Waals surface area contributed by atoms with E-state index in [1.165, 1.54) is 26.2 Å². The van der Waals surface area contributed by atoms with Crippen molar-refractivity contribution in [2.75, 3.05) is 25.1 Å². The second kappa shape index (κ2) is 9.32. The fraction of sp³-hybridized carbons (Fsp3) is 0.391. The van der Waals surface area contributed by atoms with Gasteiger partial charge in [-0.05, 0) is 26.0 Å². The molecule has 3 atom stereocenters. The summed E-state index contributed by atoms with van der Waals surface area (Å²) in [6, 6.07) is 6.41. The fourth-order valence-electron chi connectivity index (χ4n) is 3.53. The Balaban J connectivity index is 1.67. The maximum atomic E-state index is 14.2. The molecular formula is C23H24F2N6O3. The number of nitrogens with zero attached hydrogens (tertiary/aromatic N) is 4. The van der Waals surface area contributed by atoms with Gasteiger partial charge in [-0.15, -0.1) is 0 Å². The maximum Gasteiger partial charge on any atom is 0.255 e. The summed E-state index contributed by atoms with van der Waals surface area (Å²) in [5, 5.41) is 25.0. The first-order chi connectivity index (χ1) is 16.2. The lowest BCUT2D eigenvalue weighted by Crippen LogP contribution is -2.42. The topological polar surface area (TPSA) is 125 Å². The monoisotopic (exact) mass is 470 g/mol. The van der Waals surface area contributed by atoms with Crippen LogP contribution in [0.2, 0.25) is 0 Å². The number of hydrogen-bond donors (Lipinski definition) is 3. The SMILES string of the molecule is CC(C)(O)C(F)CNC(=O)c1cnc(-n2ccc3cc(C#N)cnc32)cc1NC1COCC1F. The Kier molecular flexibility index (Phi) is 6.45. The molecule has 4 heterocycles. The molecule has 178 valence electrons. The third-order valence-corrected chi connectivity index (χ3v) is 5.60. The van der Waals surface area contributed by atoms with E-state index in [2.05, 4.69) is 20.6 Å². The number of halogens is 2. The molecule has 0 radical (unpaired) electrons. The summed E-state index contributed by atoms with van der Waals surface area (Å²) in [7, 11) is 0. The summed E-state index contributed by atoms with van der Waals surface area (Å²) >= 11 is 0. The first-order valence-electron chi connectivity index (χ1n) is 10.7. The van der Waals surface area contributed by atoms with Gasteiger partial charge in [0.25, 0.3) is 5.91 Å².